The van der Waals surface area contributed by atoms with Crippen LogP contribution >= 0.6 is 56.5 Å². The molecule has 0 aromatic rings. The van der Waals surface area contributed by atoms with E-state index in [1.165, 1.54) is 0 Å². The zero-order chi connectivity index (χ0) is 12.8. The standard InChI is InChI=1S/C6H14O2.6ClH.W/c1-4-7-6(3)8-5-2;;;;;;;/h6H,4-5H2,1-3H3;6*1H;/q;;;;;;;+6/p-6. The average molecular weight is 515 g/mol. The molecule has 0 rings (SSSR count). The fourth-order valence-electron chi connectivity index (χ4n) is 0.518. The van der Waals surface area contributed by atoms with Gasteiger partial charge in [-0.05, 0) is 20.8 Å². The Labute approximate surface area is 112 Å². The molecular weight excluding hydrogens is 501 g/mol. The molecule has 0 heterocycles. The molecule has 15 heavy (non-hydrogen) atoms. The van der Waals surface area contributed by atoms with Crippen molar-refractivity contribution < 1.29 is 16.8 Å². The number of hydrogen-bond acceptors (Lipinski definition) is 2. The van der Waals surface area contributed by atoms with Gasteiger partial charge in [-0.3, -0.25) is 0 Å². The van der Waals surface area contributed by atoms with E-state index in [1.54, 1.807) is 0 Å². The molecule has 0 saturated heterocycles. The van der Waals surface area contributed by atoms with E-state index in [1.807, 2.05) is 20.8 Å². The first-order valence-electron chi connectivity index (χ1n) is 3.97. The molecule has 0 atom stereocenters. The van der Waals surface area contributed by atoms with Crippen molar-refractivity contribution in [2.75, 3.05) is 13.2 Å². The molecule has 0 amide bonds. The Bertz CT molecular complexity index is 157. The maximum atomic E-state index is 5.07. The molecule has 0 fully saturated rings. The van der Waals surface area contributed by atoms with E-state index in [-0.39, 0.29) is 6.29 Å². The molecule has 0 bridgehead atoms. The predicted molar refractivity (Wildman–Crippen MR) is 67.8 cm³/mol. The number of ether oxygens (including phenoxy) is 2. The van der Waals surface area contributed by atoms with Crippen molar-refractivity contribution >= 4 is 56.5 Å². The Hall–Kier alpha value is 2.35. The molecule has 0 aromatic carbocycles. The van der Waals surface area contributed by atoms with Gasteiger partial charge in [0.1, 0.15) is 0 Å². The number of hydrogen-bond donors (Lipinski definition) is 0. The van der Waals surface area contributed by atoms with Crippen molar-refractivity contribution in [2.24, 2.45) is 0 Å². The van der Waals surface area contributed by atoms with Gasteiger partial charge in [-0.15, -0.1) is 0 Å². The SMILES string of the molecule is CCOC(C)OCC.[Cl][W]([Cl])([Cl])([Cl])([Cl])[Cl]. The van der Waals surface area contributed by atoms with E-state index in [0.717, 1.165) is 13.2 Å². The Morgan fingerprint density at radius 2 is 1.07 bits per heavy atom. The van der Waals surface area contributed by atoms with E-state index in [2.05, 4.69) is 0 Å². The molecule has 2 nitrogen and oxygen atoms in total. The number of rotatable bonds is 4. The Kier molecular flexibility index (Phi) is 8.52. The minimum atomic E-state index is -5.47. The zero-order valence-electron chi connectivity index (χ0n) is 8.48. The Morgan fingerprint density at radius 3 is 1.20 bits per heavy atom. The second kappa shape index (κ2) is 6.50. The molecule has 0 N–H and O–H groups in total. The van der Waals surface area contributed by atoms with Crippen LogP contribution in [0.1, 0.15) is 20.8 Å². The van der Waals surface area contributed by atoms with Gasteiger partial charge in [0.15, 0.2) is 6.29 Å². The fourth-order valence-corrected chi connectivity index (χ4v) is 0.518. The molecule has 0 radical (unpaired) electrons. The van der Waals surface area contributed by atoms with Crippen molar-refractivity contribution in [3.05, 3.63) is 0 Å². The van der Waals surface area contributed by atoms with Crippen LogP contribution in [-0.2, 0) is 16.8 Å². The Balaban J connectivity index is 0. The van der Waals surface area contributed by atoms with Crippen LogP contribution in [0.25, 0.3) is 0 Å². The second-order valence-electron chi connectivity index (χ2n) is 2.35. The summed E-state index contributed by atoms with van der Waals surface area (Å²) in [5.41, 5.74) is 0. The van der Waals surface area contributed by atoms with Crippen molar-refractivity contribution in [1.82, 2.24) is 0 Å². The summed E-state index contributed by atoms with van der Waals surface area (Å²) >= 11 is 0. The third-order valence-corrected chi connectivity index (χ3v) is 0.803. The first-order valence-corrected chi connectivity index (χ1v) is 25.8. The van der Waals surface area contributed by atoms with E-state index in [9.17, 15) is 0 Å². The first kappa shape index (κ1) is 19.7. The summed E-state index contributed by atoms with van der Waals surface area (Å²) < 4.78 is 10.1. The molecule has 0 unspecified atom stereocenters. The summed E-state index contributed by atoms with van der Waals surface area (Å²) in [6, 6.07) is 0. The fraction of sp³-hybridized carbons (Fsp3) is 1.00. The van der Waals surface area contributed by atoms with Crippen LogP contribution in [0.5, 0.6) is 0 Å². The third-order valence-electron chi connectivity index (χ3n) is 0.803. The van der Waals surface area contributed by atoms with Crippen molar-refractivity contribution in [3.8, 4) is 0 Å². The van der Waals surface area contributed by atoms with Gasteiger partial charge in [0.05, 0.1) is 0 Å². The minimum absolute atomic E-state index is 0.0370. The summed E-state index contributed by atoms with van der Waals surface area (Å²) in [6.45, 7) is 7.25. The molecule has 9 heteroatoms. The van der Waals surface area contributed by atoms with Gasteiger partial charge in [-0.1, -0.05) is 0 Å². The van der Waals surface area contributed by atoms with Gasteiger partial charge in [0, 0.05) is 13.2 Å². The van der Waals surface area contributed by atoms with Crippen molar-refractivity contribution in [3.63, 3.8) is 0 Å². The van der Waals surface area contributed by atoms with Crippen LogP contribution in [0.2, 0.25) is 0 Å². The summed E-state index contributed by atoms with van der Waals surface area (Å²) in [4.78, 5) is 0. The molecule has 0 spiro atoms. The molecular formula is C6H14Cl6O2W. The van der Waals surface area contributed by atoms with Crippen molar-refractivity contribution in [2.45, 2.75) is 27.1 Å². The monoisotopic (exact) mass is 512 g/mol. The molecule has 0 aliphatic carbocycles. The van der Waals surface area contributed by atoms with Gasteiger partial charge < -0.3 is 9.47 Å². The second-order valence-corrected chi connectivity index (χ2v) is 65.9. The van der Waals surface area contributed by atoms with Gasteiger partial charge in [-0.25, -0.2) is 0 Å². The third kappa shape index (κ3) is 48.3. The normalized spacial score (nSPS) is 16.4. The van der Waals surface area contributed by atoms with E-state index >= 15 is 0 Å². The van der Waals surface area contributed by atoms with Gasteiger partial charge >= 0.3 is 63.8 Å². The van der Waals surface area contributed by atoms with Gasteiger partial charge in [-0.2, -0.15) is 0 Å². The quantitative estimate of drug-likeness (QED) is 0.459. The summed E-state index contributed by atoms with van der Waals surface area (Å²) in [6.07, 6.45) is -0.0370. The van der Waals surface area contributed by atoms with E-state index < -0.39 is 7.31 Å². The molecule has 98 valence electrons. The van der Waals surface area contributed by atoms with Crippen LogP contribution in [-0.4, -0.2) is 19.5 Å². The summed E-state index contributed by atoms with van der Waals surface area (Å²) in [5.74, 6) is 0. The van der Waals surface area contributed by atoms with Crippen LogP contribution in [0.4, 0.5) is 0 Å². The van der Waals surface area contributed by atoms with Crippen LogP contribution < -0.4 is 0 Å². The predicted octanol–water partition coefficient (Wildman–Crippen LogP) is 5.54. The van der Waals surface area contributed by atoms with Crippen LogP contribution in [0, 0.1) is 0 Å². The first-order chi connectivity index (χ1) is 6.26. The van der Waals surface area contributed by atoms with Gasteiger partial charge in [0.2, 0.25) is 0 Å². The average Bonchev–Trinajstić information content (AvgIpc) is 1.80. The molecule has 0 saturated carbocycles. The zero-order valence-corrected chi connectivity index (χ0v) is 16.0. The topological polar surface area (TPSA) is 18.5 Å². The number of halogens is 6. The summed E-state index contributed by atoms with van der Waals surface area (Å²) in [5, 5.41) is 0. The molecule has 0 aliphatic rings. The maximum absolute atomic E-state index is 5.47. The van der Waals surface area contributed by atoms with Crippen LogP contribution in [0.3, 0.4) is 0 Å². The summed E-state index contributed by atoms with van der Waals surface area (Å²) in [7, 11) is 24.9. The molecule has 0 aliphatic heterocycles. The van der Waals surface area contributed by atoms with Crippen LogP contribution in [0.15, 0.2) is 0 Å². The van der Waals surface area contributed by atoms with E-state index in [0.29, 0.717) is 0 Å². The van der Waals surface area contributed by atoms with Crippen molar-refractivity contribution in [1.29, 1.82) is 0 Å². The Morgan fingerprint density at radius 1 is 0.867 bits per heavy atom. The van der Waals surface area contributed by atoms with Gasteiger partial charge in [0.25, 0.3) is 0 Å². The van der Waals surface area contributed by atoms with E-state index in [4.69, 9.17) is 66.0 Å². The molecule has 0 aromatic heterocycles.